The summed E-state index contributed by atoms with van der Waals surface area (Å²) in [5, 5.41) is 3.08. The number of rotatable bonds is 7. The fourth-order valence-corrected chi connectivity index (χ4v) is 2.87. The molecule has 2 nitrogen and oxygen atoms in total. The third-order valence-corrected chi connectivity index (χ3v) is 5.10. The van der Waals surface area contributed by atoms with Crippen LogP contribution in [0.4, 0.5) is 0 Å². The molecule has 0 saturated heterocycles. The van der Waals surface area contributed by atoms with Crippen LogP contribution < -0.4 is 5.32 Å². The monoisotopic (exact) mass is 317 g/mol. The van der Waals surface area contributed by atoms with Crippen LogP contribution >= 0.6 is 15.9 Å². The van der Waals surface area contributed by atoms with Crippen molar-refractivity contribution in [3.8, 4) is 0 Å². The molecule has 0 aromatic heterocycles. The molecule has 0 radical (unpaired) electrons. The summed E-state index contributed by atoms with van der Waals surface area (Å²) < 4.78 is 0. The van der Waals surface area contributed by atoms with E-state index in [1.165, 1.54) is 32.1 Å². The van der Waals surface area contributed by atoms with E-state index in [2.05, 4.69) is 35.1 Å². The van der Waals surface area contributed by atoms with E-state index < -0.39 is 0 Å². The van der Waals surface area contributed by atoms with Crippen LogP contribution in [0.3, 0.4) is 0 Å². The van der Waals surface area contributed by atoms with Crippen molar-refractivity contribution in [1.29, 1.82) is 0 Å². The Morgan fingerprint density at radius 1 is 1.28 bits per heavy atom. The lowest BCUT2D eigenvalue weighted by molar-refractivity contribution is -0.126. The number of carbonyl (C=O) groups is 1. The van der Waals surface area contributed by atoms with Gasteiger partial charge in [0, 0.05) is 17.3 Å². The summed E-state index contributed by atoms with van der Waals surface area (Å²) in [6.45, 7) is 5.15. The summed E-state index contributed by atoms with van der Waals surface area (Å²) in [6, 6.07) is 0. The smallest absolute Gasteiger partial charge is 0.223 e. The van der Waals surface area contributed by atoms with Crippen LogP contribution in [0.1, 0.15) is 65.2 Å². The molecule has 1 amide bonds. The highest BCUT2D eigenvalue weighted by atomic mass is 79.9. The van der Waals surface area contributed by atoms with E-state index in [9.17, 15) is 4.79 Å². The van der Waals surface area contributed by atoms with Crippen molar-refractivity contribution < 1.29 is 4.79 Å². The quantitative estimate of drug-likeness (QED) is 0.698. The summed E-state index contributed by atoms with van der Waals surface area (Å²) in [5.74, 6) is 1.44. The molecular formula is C15H28BrNO. The van der Waals surface area contributed by atoms with E-state index in [1.54, 1.807) is 0 Å². The van der Waals surface area contributed by atoms with Crippen LogP contribution in [0.15, 0.2) is 0 Å². The SMILES string of the molecule is CCCCC1CCC(C(=O)NCC(Br)CC)CC1. The zero-order valence-corrected chi connectivity index (χ0v) is 13.5. The lowest BCUT2D eigenvalue weighted by Gasteiger charge is -2.28. The van der Waals surface area contributed by atoms with Crippen LogP contribution in [0, 0.1) is 11.8 Å². The highest BCUT2D eigenvalue weighted by molar-refractivity contribution is 9.09. The van der Waals surface area contributed by atoms with Gasteiger partial charge in [0.2, 0.25) is 5.91 Å². The lowest BCUT2D eigenvalue weighted by Crippen LogP contribution is -2.36. The molecule has 0 aromatic carbocycles. The van der Waals surface area contributed by atoms with E-state index >= 15 is 0 Å². The first kappa shape index (κ1) is 16.0. The Labute approximate surface area is 120 Å². The standard InChI is InChI=1S/C15H28BrNO/c1-3-5-6-12-7-9-13(10-8-12)15(18)17-11-14(16)4-2/h12-14H,3-11H2,1-2H3,(H,17,18). The average molecular weight is 318 g/mol. The molecular weight excluding hydrogens is 290 g/mol. The van der Waals surface area contributed by atoms with E-state index in [0.717, 1.165) is 31.7 Å². The third-order valence-electron chi connectivity index (χ3n) is 4.12. The number of carbonyl (C=O) groups excluding carboxylic acids is 1. The summed E-state index contributed by atoms with van der Waals surface area (Å²) in [4.78, 5) is 12.4. The Morgan fingerprint density at radius 3 is 2.50 bits per heavy atom. The highest BCUT2D eigenvalue weighted by Crippen LogP contribution is 2.31. The van der Waals surface area contributed by atoms with E-state index in [0.29, 0.717) is 4.83 Å². The molecule has 3 heteroatoms. The van der Waals surface area contributed by atoms with Crippen molar-refractivity contribution in [2.75, 3.05) is 6.54 Å². The van der Waals surface area contributed by atoms with Crippen molar-refractivity contribution in [3.05, 3.63) is 0 Å². The molecule has 0 bridgehead atoms. The Balaban J connectivity index is 2.19. The van der Waals surface area contributed by atoms with Gasteiger partial charge in [0.15, 0.2) is 0 Å². The van der Waals surface area contributed by atoms with Gasteiger partial charge in [0.25, 0.3) is 0 Å². The molecule has 0 aliphatic heterocycles. The molecule has 0 aromatic rings. The van der Waals surface area contributed by atoms with E-state index in [4.69, 9.17) is 0 Å². The molecule has 1 atom stereocenters. The second kappa shape index (κ2) is 8.95. The van der Waals surface area contributed by atoms with Crippen LogP contribution in [-0.2, 0) is 4.79 Å². The summed E-state index contributed by atoms with van der Waals surface area (Å²) in [5.41, 5.74) is 0. The van der Waals surface area contributed by atoms with Gasteiger partial charge in [-0.3, -0.25) is 4.79 Å². The van der Waals surface area contributed by atoms with Crippen molar-refractivity contribution in [2.45, 2.75) is 70.0 Å². The van der Waals surface area contributed by atoms with Gasteiger partial charge in [-0.25, -0.2) is 0 Å². The van der Waals surface area contributed by atoms with E-state index in [-0.39, 0.29) is 11.8 Å². The fraction of sp³-hybridized carbons (Fsp3) is 0.933. The van der Waals surface area contributed by atoms with Crippen molar-refractivity contribution >= 4 is 21.8 Å². The molecule has 1 saturated carbocycles. The number of alkyl halides is 1. The van der Waals surface area contributed by atoms with Crippen molar-refractivity contribution in [3.63, 3.8) is 0 Å². The molecule has 1 aliphatic carbocycles. The maximum absolute atomic E-state index is 12.0. The Kier molecular flexibility index (Phi) is 7.96. The first-order valence-corrected chi connectivity index (χ1v) is 8.50. The number of hydrogen-bond acceptors (Lipinski definition) is 1. The van der Waals surface area contributed by atoms with Gasteiger partial charge in [0.1, 0.15) is 0 Å². The number of nitrogens with one attached hydrogen (secondary N) is 1. The maximum atomic E-state index is 12.0. The normalized spacial score (nSPS) is 25.7. The van der Waals surface area contributed by atoms with Gasteiger partial charge in [-0.1, -0.05) is 49.0 Å². The summed E-state index contributed by atoms with van der Waals surface area (Å²) in [7, 11) is 0. The van der Waals surface area contributed by atoms with Gasteiger partial charge in [-0.15, -0.1) is 0 Å². The topological polar surface area (TPSA) is 29.1 Å². The maximum Gasteiger partial charge on any atom is 0.223 e. The molecule has 18 heavy (non-hydrogen) atoms. The van der Waals surface area contributed by atoms with Crippen molar-refractivity contribution in [1.82, 2.24) is 5.32 Å². The van der Waals surface area contributed by atoms with Gasteiger partial charge in [-0.05, 0) is 38.0 Å². The van der Waals surface area contributed by atoms with Gasteiger partial charge >= 0.3 is 0 Å². The fourth-order valence-electron chi connectivity index (χ4n) is 2.71. The lowest BCUT2D eigenvalue weighted by atomic mass is 9.79. The number of unbranched alkanes of at least 4 members (excludes halogenated alkanes) is 1. The van der Waals surface area contributed by atoms with Gasteiger partial charge < -0.3 is 5.32 Å². The summed E-state index contributed by atoms with van der Waals surface area (Å²) >= 11 is 3.55. The summed E-state index contributed by atoms with van der Waals surface area (Å²) in [6.07, 6.45) is 9.77. The second-order valence-corrected chi connectivity index (χ2v) is 6.91. The van der Waals surface area contributed by atoms with Crippen LogP contribution in [0.25, 0.3) is 0 Å². The molecule has 1 aliphatic rings. The van der Waals surface area contributed by atoms with Gasteiger partial charge in [0.05, 0.1) is 0 Å². The van der Waals surface area contributed by atoms with Crippen molar-refractivity contribution in [2.24, 2.45) is 11.8 Å². The number of amides is 1. The molecule has 106 valence electrons. The molecule has 1 N–H and O–H groups in total. The first-order chi connectivity index (χ1) is 8.67. The second-order valence-electron chi connectivity index (χ2n) is 5.61. The minimum atomic E-state index is 0.277. The third kappa shape index (κ3) is 5.73. The first-order valence-electron chi connectivity index (χ1n) is 7.59. The zero-order valence-electron chi connectivity index (χ0n) is 11.9. The Morgan fingerprint density at radius 2 is 1.94 bits per heavy atom. The molecule has 0 heterocycles. The van der Waals surface area contributed by atoms with Crippen LogP contribution in [0.5, 0.6) is 0 Å². The number of hydrogen-bond donors (Lipinski definition) is 1. The van der Waals surface area contributed by atoms with Gasteiger partial charge in [-0.2, -0.15) is 0 Å². The number of halogens is 1. The Hall–Kier alpha value is -0.0500. The predicted molar refractivity (Wildman–Crippen MR) is 81.0 cm³/mol. The van der Waals surface area contributed by atoms with E-state index in [1.807, 2.05) is 0 Å². The molecule has 0 spiro atoms. The highest BCUT2D eigenvalue weighted by Gasteiger charge is 2.25. The minimum absolute atomic E-state index is 0.277. The van der Waals surface area contributed by atoms with Crippen LogP contribution in [0.2, 0.25) is 0 Å². The molecule has 1 unspecified atom stereocenters. The largest absolute Gasteiger partial charge is 0.355 e. The Bertz CT molecular complexity index is 237. The predicted octanol–water partition coefficient (Wildman–Crippen LogP) is 4.27. The van der Waals surface area contributed by atoms with Crippen LogP contribution in [-0.4, -0.2) is 17.3 Å². The minimum Gasteiger partial charge on any atom is -0.355 e. The average Bonchev–Trinajstić information content (AvgIpc) is 2.42. The molecule has 1 rings (SSSR count). The zero-order chi connectivity index (χ0) is 13.4. The molecule has 1 fully saturated rings.